The van der Waals surface area contributed by atoms with Gasteiger partial charge in [-0.1, -0.05) is 169 Å². The third-order valence-electron chi connectivity index (χ3n) is 11.1. The Labute approximate surface area is 350 Å². The van der Waals surface area contributed by atoms with E-state index in [1.165, 1.54) is 27.5 Å². The van der Waals surface area contributed by atoms with Gasteiger partial charge in [0.2, 0.25) is 0 Å². The summed E-state index contributed by atoms with van der Waals surface area (Å²) >= 11 is 0. The lowest BCUT2D eigenvalue weighted by atomic mass is 9.88. The average molecular weight is 770 g/mol. The number of aliphatic imine (C=N–C) groups is 1. The molecule has 0 aliphatic rings. The molecule has 1 unspecified atom stereocenters. The largest absolute Gasteiger partial charge is 0.360 e. The number of hydrogen-bond acceptors (Lipinski definition) is 3. The number of anilines is 1. The van der Waals surface area contributed by atoms with Crippen molar-refractivity contribution in [2.45, 2.75) is 61.1 Å². The summed E-state index contributed by atoms with van der Waals surface area (Å²) in [6.45, 7) is 19.6. The minimum atomic E-state index is -0.445. The number of aryl methyl sites for hydroxylation is 2. The van der Waals surface area contributed by atoms with E-state index in [-0.39, 0.29) is 5.92 Å². The molecule has 0 saturated carbocycles. The highest BCUT2D eigenvalue weighted by Gasteiger charge is 2.21. The zero-order valence-electron chi connectivity index (χ0n) is 35.6. The molecule has 3 nitrogen and oxygen atoms in total. The topological polar surface area (TPSA) is 37.3 Å². The maximum Gasteiger partial charge on any atom is 0.145 e. The number of para-hydroxylation sites is 1. The van der Waals surface area contributed by atoms with Crippen LogP contribution in [-0.4, -0.2) is 10.7 Å². The van der Waals surface area contributed by atoms with E-state index >= 15 is 0 Å². The lowest BCUT2D eigenvalue weighted by molar-refractivity contribution is 0.791. The molecule has 0 aliphatic carbocycles. The van der Waals surface area contributed by atoms with Crippen LogP contribution in [-0.2, 0) is 0 Å². The molecule has 0 radical (unpaired) electrons. The Morgan fingerprint density at radius 1 is 0.695 bits per heavy atom. The SMILES string of the molecule is C=C(/C(=N\C(Nc1ccccc1C)c1cc(-c2cccc3ccc(/C=C\CC)c(C)c23)cc(-c2cccc3ccc4cccnc4c23)c1)c1ccccc1)C(C)C.CC. The first-order valence-corrected chi connectivity index (χ1v) is 21.1. The molecule has 0 saturated heterocycles. The van der Waals surface area contributed by atoms with E-state index in [0.717, 1.165) is 78.4 Å². The number of benzene rings is 7. The molecule has 1 atom stereocenters. The predicted octanol–water partition coefficient (Wildman–Crippen LogP) is 15.8. The third-order valence-corrected chi connectivity index (χ3v) is 11.1. The van der Waals surface area contributed by atoms with Crippen molar-refractivity contribution in [3.63, 3.8) is 0 Å². The number of fused-ring (bicyclic) bond motifs is 4. The number of hydrogen-bond donors (Lipinski definition) is 1. The number of pyridine rings is 1. The van der Waals surface area contributed by atoms with Gasteiger partial charge in [0.25, 0.3) is 0 Å². The molecule has 59 heavy (non-hydrogen) atoms. The molecule has 0 spiro atoms. The number of nitrogens with one attached hydrogen (secondary N) is 1. The van der Waals surface area contributed by atoms with Crippen molar-refractivity contribution in [2.75, 3.05) is 5.32 Å². The van der Waals surface area contributed by atoms with Gasteiger partial charge in [0, 0.05) is 28.2 Å². The summed E-state index contributed by atoms with van der Waals surface area (Å²) in [4.78, 5) is 10.6. The molecule has 3 heteroatoms. The van der Waals surface area contributed by atoms with Crippen molar-refractivity contribution in [3.05, 3.63) is 198 Å². The minimum Gasteiger partial charge on any atom is -0.360 e. The van der Waals surface area contributed by atoms with E-state index in [9.17, 15) is 0 Å². The van der Waals surface area contributed by atoms with Crippen LogP contribution in [0, 0.1) is 19.8 Å². The fourth-order valence-corrected chi connectivity index (χ4v) is 7.93. The first-order valence-electron chi connectivity index (χ1n) is 21.1. The van der Waals surface area contributed by atoms with E-state index in [0.29, 0.717) is 0 Å². The maximum absolute atomic E-state index is 5.67. The normalized spacial score (nSPS) is 12.2. The fourth-order valence-electron chi connectivity index (χ4n) is 7.93. The molecule has 0 aliphatic heterocycles. The average Bonchev–Trinajstić information content (AvgIpc) is 3.28. The smallest absolute Gasteiger partial charge is 0.145 e. The fraction of sp³-hybridized carbons (Fsp3) is 0.179. The van der Waals surface area contributed by atoms with E-state index in [2.05, 4.69) is 198 Å². The molecular weight excluding hydrogens is 715 g/mol. The van der Waals surface area contributed by atoms with Gasteiger partial charge in [-0.15, -0.1) is 0 Å². The highest BCUT2D eigenvalue weighted by molar-refractivity contribution is 6.14. The zero-order chi connectivity index (χ0) is 41.5. The predicted molar refractivity (Wildman–Crippen MR) is 258 cm³/mol. The first kappa shape index (κ1) is 40.6. The van der Waals surface area contributed by atoms with Crippen LogP contribution in [0.3, 0.4) is 0 Å². The Kier molecular flexibility index (Phi) is 12.6. The van der Waals surface area contributed by atoms with Crippen LogP contribution >= 0.6 is 0 Å². The van der Waals surface area contributed by atoms with Crippen molar-refractivity contribution < 1.29 is 0 Å². The molecule has 1 N–H and O–H groups in total. The molecule has 7 aromatic carbocycles. The molecule has 0 fully saturated rings. The molecule has 0 bridgehead atoms. The lowest BCUT2D eigenvalue weighted by Gasteiger charge is -2.24. The summed E-state index contributed by atoms with van der Waals surface area (Å²) in [5.41, 5.74) is 14.3. The maximum atomic E-state index is 5.67. The van der Waals surface area contributed by atoms with Crippen molar-refractivity contribution in [2.24, 2.45) is 10.9 Å². The van der Waals surface area contributed by atoms with Crippen LogP contribution in [0.25, 0.3) is 60.8 Å². The van der Waals surface area contributed by atoms with Gasteiger partial charge >= 0.3 is 0 Å². The summed E-state index contributed by atoms with van der Waals surface area (Å²) in [7, 11) is 0. The Balaban J connectivity index is 0.00000260. The van der Waals surface area contributed by atoms with Gasteiger partial charge in [-0.05, 0) is 123 Å². The number of nitrogens with zero attached hydrogens (tertiary/aromatic N) is 2. The Bertz CT molecular complexity index is 2820. The van der Waals surface area contributed by atoms with E-state index in [1.807, 2.05) is 26.1 Å². The van der Waals surface area contributed by atoms with Crippen molar-refractivity contribution in [3.8, 4) is 22.3 Å². The Morgan fingerprint density at radius 2 is 1.32 bits per heavy atom. The Morgan fingerprint density at radius 3 is 2.02 bits per heavy atom. The van der Waals surface area contributed by atoms with Gasteiger partial charge in [0.1, 0.15) is 6.17 Å². The molecule has 1 heterocycles. The molecule has 294 valence electrons. The van der Waals surface area contributed by atoms with Gasteiger partial charge in [-0.2, -0.15) is 0 Å². The first-order chi connectivity index (χ1) is 28.8. The number of aromatic nitrogens is 1. The third kappa shape index (κ3) is 8.52. The number of rotatable bonds is 11. The van der Waals surface area contributed by atoms with E-state index in [4.69, 9.17) is 9.98 Å². The van der Waals surface area contributed by atoms with E-state index in [1.54, 1.807) is 0 Å². The van der Waals surface area contributed by atoms with Crippen LogP contribution in [0.2, 0.25) is 0 Å². The molecule has 8 aromatic rings. The highest BCUT2D eigenvalue weighted by Crippen LogP contribution is 2.41. The van der Waals surface area contributed by atoms with Crippen LogP contribution in [0.1, 0.15) is 75.0 Å². The number of allylic oxidation sites excluding steroid dienone is 2. The second-order valence-electron chi connectivity index (χ2n) is 15.3. The summed E-state index contributed by atoms with van der Waals surface area (Å²) in [6, 6.07) is 52.3. The van der Waals surface area contributed by atoms with Gasteiger partial charge in [-0.3, -0.25) is 9.98 Å². The minimum absolute atomic E-state index is 0.205. The molecular formula is C56H55N3. The quantitative estimate of drug-likeness (QED) is 0.105. The van der Waals surface area contributed by atoms with Gasteiger partial charge in [0.05, 0.1) is 11.2 Å². The van der Waals surface area contributed by atoms with Gasteiger partial charge in [0.15, 0.2) is 0 Å². The highest BCUT2D eigenvalue weighted by atomic mass is 15.1. The van der Waals surface area contributed by atoms with Gasteiger partial charge < -0.3 is 5.32 Å². The van der Waals surface area contributed by atoms with Crippen molar-refractivity contribution in [1.82, 2.24) is 4.98 Å². The zero-order valence-corrected chi connectivity index (χ0v) is 35.6. The van der Waals surface area contributed by atoms with Crippen molar-refractivity contribution >= 4 is 49.9 Å². The Hall–Kier alpha value is -6.58. The second-order valence-corrected chi connectivity index (χ2v) is 15.3. The van der Waals surface area contributed by atoms with Crippen molar-refractivity contribution in [1.29, 1.82) is 0 Å². The molecule has 8 rings (SSSR count). The van der Waals surface area contributed by atoms with Crippen LogP contribution in [0.5, 0.6) is 0 Å². The van der Waals surface area contributed by atoms with Crippen LogP contribution < -0.4 is 5.32 Å². The summed E-state index contributed by atoms with van der Waals surface area (Å²) in [5, 5.41) is 9.81. The lowest BCUT2D eigenvalue weighted by Crippen LogP contribution is -2.16. The second kappa shape index (κ2) is 18.3. The van der Waals surface area contributed by atoms with Crippen LogP contribution in [0.4, 0.5) is 5.69 Å². The standard InChI is InChI=1S/C54H49N3.C2H6/c1-7-8-18-39-27-28-40-21-14-24-47(50(40)38(39)6)44-32-45(48-25-15-22-41-29-30-43-23-16-31-55-53(43)51(41)48)34-46(33-44)54(56-49-26-13-12-17-36(49)4)57-52(37(5)35(2)3)42-19-10-9-11-20-42;1-2/h8-35,54,56H,5,7H2,1-4,6H3;1-2H3/b18-8-,57-52+;. The van der Waals surface area contributed by atoms with Gasteiger partial charge in [-0.25, -0.2) is 0 Å². The summed E-state index contributed by atoms with van der Waals surface area (Å²) in [5.74, 6) is 0.205. The molecule has 1 aromatic heterocycles. The van der Waals surface area contributed by atoms with Crippen LogP contribution in [0.15, 0.2) is 175 Å². The summed E-state index contributed by atoms with van der Waals surface area (Å²) < 4.78 is 0. The monoisotopic (exact) mass is 769 g/mol. The summed E-state index contributed by atoms with van der Waals surface area (Å²) in [6.07, 6.45) is 6.94. The molecule has 0 amide bonds. The van der Waals surface area contributed by atoms with E-state index < -0.39 is 6.17 Å².